The number of pyridine rings is 1. The van der Waals surface area contributed by atoms with Gasteiger partial charge in [-0.2, -0.15) is 4.98 Å². The van der Waals surface area contributed by atoms with Crippen LogP contribution in [0.3, 0.4) is 0 Å². The number of nitrogens with zero attached hydrogens (tertiary/aromatic N) is 2. The lowest BCUT2D eigenvalue weighted by molar-refractivity contribution is 0.274. The molecule has 6 heteroatoms. The van der Waals surface area contributed by atoms with Crippen LogP contribution in [0.2, 0.25) is 0 Å². The maximum absolute atomic E-state index is 11.6. The minimum absolute atomic E-state index is 0.0767. The van der Waals surface area contributed by atoms with Gasteiger partial charge in [0.15, 0.2) is 5.82 Å². The van der Waals surface area contributed by atoms with Crippen LogP contribution in [0, 0.1) is 13.8 Å². The van der Waals surface area contributed by atoms with Crippen LogP contribution in [0.5, 0.6) is 0 Å². The van der Waals surface area contributed by atoms with Crippen molar-refractivity contribution in [2.24, 2.45) is 0 Å². The monoisotopic (exact) mass is 235 g/mol. The normalized spacial score (nSPS) is 11.0. The average molecular weight is 235 g/mol. The number of aryl methyl sites for hydroxylation is 1. The van der Waals surface area contributed by atoms with Crippen molar-refractivity contribution in [2.75, 3.05) is 6.61 Å². The second-order valence-corrected chi connectivity index (χ2v) is 3.90. The third-order valence-electron chi connectivity index (χ3n) is 2.83. The minimum Gasteiger partial charge on any atom is -0.395 e. The third-order valence-corrected chi connectivity index (χ3v) is 2.83. The van der Waals surface area contributed by atoms with Crippen molar-refractivity contribution in [1.82, 2.24) is 14.5 Å². The highest BCUT2D eigenvalue weighted by Gasteiger charge is 2.16. The van der Waals surface area contributed by atoms with Crippen molar-refractivity contribution in [3.8, 4) is 11.4 Å². The highest BCUT2D eigenvalue weighted by atomic mass is 16.3. The fraction of sp³-hybridized carbons (Fsp3) is 0.364. The standard InChI is InChI=1S/C11H13N3O3/c1-6-5-8-9(12-11(17)13-10(8)16)14(3-4-15)7(6)2/h5,15H,3-4H2,1-2H3,(H,13,16,17). The second kappa shape index (κ2) is 4.14. The lowest BCUT2D eigenvalue weighted by Crippen LogP contribution is -2.28. The molecule has 17 heavy (non-hydrogen) atoms. The molecule has 0 unspecified atom stereocenters. The number of aliphatic hydroxyl groups excluding tert-OH is 1. The van der Waals surface area contributed by atoms with E-state index < -0.39 is 11.2 Å². The Bertz CT molecular complexity index is 642. The zero-order valence-electron chi connectivity index (χ0n) is 9.65. The van der Waals surface area contributed by atoms with Gasteiger partial charge in [0.2, 0.25) is 0 Å². The molecule has 0 saturated heterocycles. The van der Waals surface area contributed by atoms with Gasteiger partial charge in [-0.25, -0.2) is 4.79 Å². The van der Waals surface area contributed by atoms with Gasteiger partial charge >= 0.3 is 5.69 Å². The van der Waals surface area contributed by atoms with Crippen LogP contribution in [0.15, 0.2) is 15.7 Å². The quantitative estimate of drug-likeness (QED) is 0.744. The van der Waals surface area contributed by atoms with Crippen molar-refractivity contribution in [1.29, 1.82) is 0 Å². The summed E-state index contributed by atoms with van der Waals surface area (Å²) in [7, 11) is 0. The van der Waals surface area contributed by atoms with Gasteiger partial charge < -0.3 is 9.67 Å². The Balaban J connectivity index is 2.91. The van der Waals surface area contributed by atoms with Crippen LogP contribution in [0.1, 0.15) is 11.3 Å². The summed E-state index contributed by atoms with van der Waals surface area (Å²) < 4.78 is 1.68. The van der Waals surface area contributed by atoms with E-state index in [0.717, 1.165) is 11.3 Å². The third kappa shape index (κ3) is 1.87. The first-order valence-corrected chi connectivity index (χ1v) is 5.26. The molecule has 2 heterocycles. The van der Waals surface area contributed by atoms with E-state index in [1.165, 1.54) is 0 Å². The van der Waals surface area contributed by atoms with E-state index in [2.05, 4.69) is 9.97 Å². The molecule has 0 bridgehead atoms. The summed E-state index contributed by atoms with van der Waals surface area (Å²) in [4.78, 5) is 28.8. The van der Waals surface area contributed by atoms with Gasteiger partial charge in [0, 0.05) is 12.2 Å². The first-order valence-electron chi connectivity index (χ1n) is 5.26. The van der Waals surface area contributed by atoms with Crippen LogP contribution in [-0.2, 0) is 6.54 Å². The first-order chi connectivity index (χ1) is 8.04. The van der Waals surface area contributed by atoms with Crippen LogP contribution >= 0.6 is 0 Å². The summed E-state index contributed by atoms with van der Waals surface area (Å²) >= 11 is 0. The van der Waals surface area contributed by atoms with Gasteiger partial charge in [-0.05, 0) is 25.5 Å². The molecular weight excluding hydrogens is 222 g/mol. The SMILES string of the molecule is Cc1cc2c(=O)[nH]c(=O)nc-2n(CCO)c1C. The van der Waals surface area contributed by atoms with E-state index in [-0.39, 0.29) is 6.61 Å². The van der Waals surface area contributed by atoms with Crippen LogP contribution in [0.25, 0.3) is 11.4 Å². The molecule has 2 rings (SSSR count). The molecule has 90 valence electrons. The fourth-order valence-corrected chi connectivity index (χ4v) is 1.85. The zero-order valence-corrected chi connectivity index (χ0v) is 9.65. The Morgan fingerprint density at radius 2 is 2.12 bits per heavy atom. The van der Waals surface area contributed by atoms with Gasteiger partial charge in [0.05, 0.1) is 12.2 Å². The molecule has 0 amide bonds. The zero-order chi connectivity index (χ0) is 12.6. The number of hydrogen-bond donors (Lipinski definition) is 2. The van der Waals surface area contributed by atoms with E-state index in [1.54, 1.807) is 10.6 Å². The molecule has 0 atom stereocenters. The molecular formula is C11H13N3O3. The smallest absolute Gasteiger partial charge is 0.349 e. The molecule has 2 aliphatic rings. The molecule has 0 fully saturated rings. The van der Waals surface area contributed by atoms with Crippen molar-refractivity contribution in [2.45, 2.75) is 20.4 Å². The van der Waals surface area contributed by atoms with Gasteiger partial charge in [0.25, 0.3) is 5.56 Å². The molecule has 2 N–H and O–H groups in total. The molecule has 6 nitrogen and oxygen atoms in total. The number of aromatic nitrogens is 3. The lowest BCUT2D eigenvalue weighted by Gasteiger charge is -2.17. The van der Waals surface area contributed by atoms with Gasteiger partial charge in [-0.3, -0.25) is 9.78 Å². The van der Waals surface area contributed by atoms with Gasteiger partial charge in [-0.15, -0.1) is 0 Å². The van der Waals surface area contributed by atoms with Crippen LogP contribution in [0.4, 0.5) is 0 Å². The molecule has 0 aromatic heterocycles. The summed E-state index contributed by atoms with van der Waals surface area (Å²) in [6.07, 6.45) is 0. The average Bonchev–Trinajstić information content (AvgIpc) is 2.26. The van der Waals surface area contributed by atoms with E-state index in [4.69, 9.17) is 5.11 Å². The van der Waals surface area contributed by atoms with E-state index >= 15 is 0 Å². The highest BCUT2D eigenvalue weighted by Crippen LogP contribution is 2.19. The Morgan fingerprint density at radius 3 is 2.76 bits per heavy atom. The second-order valence-electron chi connectivity index (χ2n) is 3.90. The van der Waals surface area contributed by atoms with E-state index in [0.29, 0.717) is 17.9 Å². The fourth-order valence-electron chi connectivity index (χ4n) is 1.85. The maximum Gasteiger partial charge on any atom is 0.349 e. The van der Waals surface area contributed by atoms with Crippen LogP contribution < -0.4 is 11.2 Å². The van der Waals surface area contributed by atoms with Crippen molar-refractivity contribution < 1.29 is 5.11 Å². The summed E-state index contributed by atoms with van der Waals surface area (Å²) in [5.41, 5.74) is 1.04. The molecule has 0 radical (unpaired) electrons. The van der Waals surface area contributed by atoms with Crippen molar-refractivity contribution >= 4 is 0 Å². The van der Waals surface area contributed by atoms with Gasteiger partial charge in [0.1, 0.15) is 0 Å². The number of aliphatic hydroxyl groups is 1. The number of nitrogens with one attached hydrogen (secondary N) is 1. The Morgan fingerprint density at radius 1 is 1.41 bits per heavy atom. The summed E-state index contributed by atoms with van der Waals surface area (Å²) in [5.74, 6) is 0.316. The largest absolute Gasteiger partial charge is 0.395 e. The predicted molar refractivity (Wildman–Crippen MR) is 62.3 cm³/mol. The van der Waals surface area contributed by atoms with Crippen molar-refractivity contribution in [3.05, 3.63) is 38.2 Å². The molecule has 0 aliphatic carbocycles. The number of H-pyrrole nitrogens is 1. The molecule has 0 saturated carbocycles. The summed E-state index contributed by atoms with van der Waals surface area (Å²) in [6.45, 7) is 3.96. The van der Waals surface area contributed by atoms with E-state index in [1.807, 2.05) is 13.8 Å². The topological polar surface area (TPSA) is 88.0 Å². The number of aromatic amines is 1. The molecule has 2 aliphatic heterocycles. The summed E-state index contributed by atoms with van der Waals surface area (Å²) in [5, 5.41) is 9.02. The first kappa shape index (κ1) is 11.5. The highest BCUT2D eigenvalue weighted by molar-refractivity contribution is 5.57. The number of hydrogen-bond acceptors (Lipinski definition) is 4. The molecule has 0 spiro atoms. The van der Waals surface area contributed by atoms with Crippen molar-refractivity contribution in [3.63, 3.8) is 0 Å². The Hall–Kier alpha value is -1.95. The molecule has 0 aromatic rings. The predicted octanol–water partition coefficient (Wildman–Crippen LogP) is -0.354. The maximum atomic E-state index is 11.6. The minimum atomic E-state index is -0.669. The lowest BCUT2D eigenvalue weighted by atomic mass is 10.1. The van der Waals surface area contributed by atoms with Crippen LogP contribution in [-0.4, -0.2) is 26.2 Å². The summed E-state index contributed by atoms with van der Waals surface area (Å²) in [6, 6.07) is 1.70. The number of fused-ring (bicyclic) bond motifs is 1. The number of rotatable bonds is 2. The molecule has 0 aromatic carbocycles. The Kier molecular flexibility index (Phi) is 2.81. The van der Waals surface area contributed by atoms with E-state index in [9.17, 15) is 9.59 Å². The Labute approximate surface area is 96.9 Å². The van der Waals surface area contributed by atoms with Gasteiger partial charge in [-0.1, -0.05) is 0 Å².